The second kappa shape index (κ2) is 9.00. The molecule has 0 amide bonds. The smallest absolute Gasteiger partial charge is 0.0544 e. The Labute approximate surface area is 102 Å². The summed E-state index contributed by atoms with van der Waals surface area (Å²) in [5.74, 6) is 0.701. The van der Waals surface area contributed by atoms with Crippen LogP contribution in [0.2, 0.25) is 0 Å². The van der Waals surface area contributed by atoms with Crippen LogP contribution in [0.5, 0.6) is 0 Å². The molecule has 0 spiro atoms. The van der Waals surface area contributed by atoms with Gasteiger partial charge >= 0.3 is 0 Å². The van der Waals surface area contributed by atoms with Gasteiger partial charge in [0.1, 0.15) is 0 Å². The van der Waals surface area contributed by atoms with E-state index >= 15 is 0 Å². The van der Waals surface area contributed by atoms with E-state index in [2.05, 4.69) is 34.6 Å². The quantitative estimate of drug-likeness (QED) is 0.567. The molecule has 0 aliphatic carbocycles. The normalized spacial score (nSPS) is 12.4. The molecule has 0 N–H and O–H groups in total. The molecule has 0 aromatic heterocycles. The molecule has 0 aromatic carbocycles. The van der Waals surface area contributed by atoms with Gasteiger partial charge in [-0.2, -0.15) is 0 Å². The summed E-state index contributed by atoms with van der Waals surface area (Å²) in [6.45, 7) is 14.2. The van der Waals surface area contributed by atoms with Gasteiger partial charge in [-0.25, -0.2) is 0 Å². The van der Waals surface area contributed by atoms with Crippen molar-refractivity contribution < 1.29 is 9.47 Å². The highest BCUT2D eigenvalue weighted by molar-refractivity contribution is 4.80. The molecule has 0 unspecified atom stereocenters. The predicted molar refractivity (Wildman–Crippen MR) is 69.8 cm³/mol. The highest BCUT2D eigenvalue weighted by atomic mass is 16.5. The van der Waals surface area contributed by atoms with Crippen molar-refractivity contribution in [3.05, 3.63) is 0 Å². The zero-order valence-electron chi connectivity index (χ0n) is 11.8. The summed E-state index contributed by atoms with van der Waals surface area (Å²) in [6.07, 6.45) is 3.60. The minimum Gasteiger partial charge on any atom is -0.381 e. The van der Waals surface area contributed by atoms with E-state index < -0.39 is 0 Å². The van der Waals surface area contributed by atoms with Crippen molar-refractivity contribution in [2.75, 3.05) is 26.4 Å². The van der Waals surface area contributed by atoms with E-state index in [4.69, 9.17) is 9.47 Å². The van der Waals surface area contributed by atoms with Crippen LogP contribution in [-0.4, -0.2) is 26.4 Å². The van der Waals surface area contributed by atoms with Crippen LogP contribution >= 0.6 is 0 Å². The number of ether oxygens (including phenoxy) is 2. The van der Waals surface area contributed by atoms with Crippen molar-refractivity contribution in [1.29, 1.82) is 0 Å². The van der Waals surface area contributed by atoms with E-state index in [0.29, 0.717) is 5.92 Å². The van der Waals surface area contributed by atoms with E-state index in [-0.39, 0.29) is 5.41 Å². The van der Waals surface area contributed by atoms with Crippen LogP contribution in [0, 0.1) is 11.3 Å². The second-order valence-electron chi connectivity index (χ2n) is 5.12. The first kappa shape index (κ1) is 15.9. The third-order valence-electron chi connectivity index (χ3n) is 2.85. The first-order valence-electron chi connectivity index (χ1n) is 6.75. The first-order valence-corrected chi connectivity index (χ1v) is 6.75. The molecule has 0 saturated heterocycles. The maximum atomic E-state index is 5.67. The lowest BCUT2D eigenvalue weighted by atomic mass is 9.78. The largest absolute Gasteiger partial charge is 0.381 e. The maximum Gasteiger partial charge on any atom is 0.0544 e. The predicted octanol–water partition coefficient (Wildman–Crippen LogP) is 3.89. The van der Waals surface area contributed by atoms with Crippen LogP contribution in [0.1, 0.15) is 53.9 Å². The van der Waals surface area contributed by atoms with Crippen molar-refractivity contribution in [3.8, 4) is 0 Å². The lowest BCUT2D eigenvalue weighted by Crippen LogP contribution is -2.34. The molecule has 0 bridgehead atoms. The van der Waals surface area contributed by atoms with Gasteiger partial charge in [-0.1, -0.05) is 27.2 Å². The zero-order valence-corrected chi connectivity index (χ0v) is 11.8. The second-order valence-corrected chi connectivity index (χ2v) is 5.12. The van der Waals surface area contributed by atoms with Gasteiger partial charge < -0.3 is 9.47 Å². The highest BCUT2D eigenvalue weighted by Gasteiger charge is 2.30. The highest BCUT2D eigenvalue weighted by Crippen LogP contribution is 2.32. The molecule has 2 nitrogen and oxygen atoms in total. The third kappa shape index (κ3) is 6.49. The standard InChI is InChI=1S/C14H30O2/c1-6-9-14(10-13(4)5,11-15-7-2)12-16-8-3/h13H,6-12H2,1-5H3. The average Bonchev–Trinajstić information content (AvgIpc) is 2.23. The van der Waals surface area contributed by atoms with Gasteiger partial charge in [-0.05, 0) is 32.6 Å². The summed E-state index contributed by atoms with van der Waals surface area (Å²) in [4.78, 5) is 0. The SMILES string of the molecule is CCCC(COCC)(COCC)CC(C)C. The van der Waals surface area contributed by atoms with Crippen molar-refractivity contribution >= 4 is 0 Å². The topological polar surface area (TPSA) is 18.5 Å². The summed E-state index contributed by atoms with van der Waals surface area (Å²) < 4.78 is 11.3. The summed E-state index contributed by atoms with van der Waals surface area (Å²) in [7, 11) is 0. The molecule has 0 rings (SSSR count). The number of hydrogen-bond donors (Lipinski definition) is 0. The Morgan fingerprint density at radius 1 is 0.938 bits per heavy atom. The van der Waals surface area contributed by atoms with Crippen molar-refractivity contribution in [2.24, 2.45) is 11.3 Å². The van der Waals surface area contributed by atoms with E-state index in [9.17, 15) is 0 Å². The molecule has 0 aliphatic heterocycles. The first-order chi connectivity index (χ1) is 7.60. The third-order valence-corrected chi connectivity index (χ3v) is 2.85. The molecule has 16 heavy (non-hydrogen) atoms. The Morgan fingerprint density at radius 2 is 1.44 bits per heavy atom. The fourth-order valence-corrected chi connectivity index (χ4v) is 2.44. The Kier molecular flexibility index (Phi) is 8.96. The molecule has 0 aliphatic rings. The number of hydrogen-bond acceptors (Lipinski definition) is 2. The molecule has 0 atom stereocenters. The maximum absolute atomic E-state index is 5.67. The zero-order chi connectivity index (χ0) is 12.4. The van der Waals surface area contributed by atoms with Gasteiger partial charge in [0.2, 0.25) is 0 Å². The summed E-state index contributed by atoms with van der Waals surface area (Å²) in [6, 6.07) is 0. The van der Waals surface area contributed by atoms with Crippen molar-refractivity contribution in [2.45, 2.75) is 53.9 Å². The Hall–Kier alpha value is -0.0800. The van der Waals surface area contributed by atoms with E-state index in [0.717, 1.165) is 26.4 Å². The van der Waals surface area contributed by atoms with Gasteiger partial charge in [0.25, 0.3) is 0 Å². The van der Waals surface area contributed by atoms with Crippen LogP contribution in [0.15, 0.2) is 0 Å². The molecule has 2 heteroatoms. The van der Waals surface area contributed by atoms with Gasteiger partial charge in [-0.3, -0.25) is 0 Å². The molecule has 98 valence electrons. The molecule has 0 saturated carbocycles. The van der Waals surface area contributed by atoms with Gasteiger partial charge in [0.15, 0.2) is 0 Å². The minimum atomic E-state index is 0.231. The van der Waals surface area contributed by atoms with Crippen LogP contribution in [0.25, 0.3) is 0 Å². The van der Waals surface area contributed by atoms with Gasteiger partial charge in [-0.15, -0.1) is 0 Å². The summed E-state index contributed by atoms with van der Waals surface area (Å²) in [5.41, 5.74) is 0.231. The average molecular weight is 230 g/mol. The van der Waals surface area contributed by atoms with Gasteiger partial charge in [0.05, 0.1) is 13.2 Å². The molecular weight excluding hydrogens is 200 g/mol. The molecule has 0 aromatic rings. The van der Waals surface area contributed by atoms with E-state index in [1.165, 1.54) is 19.3 Å². The van der Waals surface area contributed by atoms with E-state index in [1.807, 2.05) is 0 Å². The lowest BCUT2D eigenvalue weighted by molar-refractivity contribution is -0.0332. The van der Waals surface area contributed by atoms with Crippen molar-refractivity contribution in [1.82, 2.24) is 0 Å². The van der Waals surface area contributed by atoms with E-state index in [1.54, 1.807) is 0 Å². The molecular formula is C14H30O2. The van der Waals surface area contributed by atoms with Crippen LogP contribution in [0.3, 0.4) is 0 Å². The minimum absolute atomic E-state index is 0.231. The van der Waals surface area contributed by atoms with Crippen LogP contribution < -0.4 is 0 Å². The summed E-state index contributed by atoms with van der Waals surface area (Å²) in [5, 5.41) is 0. The fourth-order valence-electron chi connectivity index (χ4n) is 2.44. The molecule has 0 radical (unpaired) electrons. The van der Waals surface area contributed by atoms with Crippen LogP contribution in [0.4, 0.5) is 0 Å². The Balaban J connectivity index is 4.45. The van der Waals surface area contributed by atoms with Crippen LogP contribution in [-0.2, 0) is 9.47 Å². The van der Waals surface area contributed by atoms with Crippen molar-refractivity contribution in [3.63, 3.8) is 0 Å². The Bertz CT molecular complexity index is 147. The molecule has 0 fully saturated rings. The molecule has 0 heterocycles. The number of rotatable bonds is 10. The Morgan fingerprint density at radius 3 is 1.75 bits per heavy atom. The fraction of sp³-hybridized carbons (Fsp3) is 1.00. The monoisotopic (exact) mass is 230 g/mol. The lowest BCUT2D eigenvalue weighted by Gasteiger charge is -2.34. The summed E-state index contributed by atoms with van der Waals surface area (Å²) >= 11 is 0. The van der Waals surface area contributed by atoms with Gasteiger partial charge in [0, 0.05) is 18.6 Å².